The van der Waals surface area contributed by atoms with E-state index in [1.165, 1.54) is 11.8 Å². The molecule has 2 heterocycles. The summed E-state index contributed by atoms with van der Waals surface area (Å²) in [6.07, 6.45) is 3.96. The monoisotopic (exact) mass is 268 g/mol. The zero-order valence-electron chi connectivity index (χ0n) is 11.5. The summed E-state index contributed by atoms with van der Waals surface area (Å²) in [5, 5.41) is 2.89. The number of benzene rings is 1. The molecule has 0 fully saturated rings. The molecule has 1 atom stereocenters. The van der Waals surface area contributed by atoms with E-state index in [2.05, 4.69) is 21.4 Å². The predicted octanol–water partition coefficient (Wildman–Crippen LogP) is 2.11. The topological polar surface area (TPSA) is 58.1 Å². The number of nitrogens with one attached hydrogen (secondary N) is 1. The Kier molecular flexibility index (Phi) is 3.10. The molecule has 1 N–H and O–H groups in total. The van der Waals surface area contributed by atoms with Crippen LogP contribution in [-0.2, 0) is 6.42 Å². The highest BCUT2D eigenvalue weighted by Gasteiger charge is 2.31. The van der Waals surface area contributed by atoms with Gasteiger partial charge in [-0.2, -0.15) is 0 Å². The Labute approximate surface area is 117 Å². The molecule has 102 valence electrons. The molecule has 1 aromatic carbocycles. The second kappa shape index (κ2) is 4.92. The number of amides is 1. The van der Waals surface area contributed by atoms with Crippen LogP contribution >= 0.6 is 0 Å². The number of hydrogen-bond donors (Lipinski definition) is 1. The average molecular weight is 268 g/mol. The van der Waals surface area contributed by atoms with Crippen LogP contribution < -0.4 is 10.2 Å². The molecule has 1 aliphatic rings. The molecule has 0 spiro atoms. The van der Waals surface area contributed by atoms with Gasteiger partial charge in [0.05, 0.1) is 12.4 Å². The van der Waals surface area contributed by atoms with Crippen LogP contribution in [0, 0.1) is 0 Å². The van der Waals surface area contributed by atoms with E-state index in [-0.39, 0.29) is 11.9 Å². The molecule has 0 bridgehead atoms. The molecule has 3 rings (SSSR count). The number of rotatable bonds is 2. The number of fused-ring (bicyclic) bond motifs is 1. The summed E-state index contributed by atoms with van der Waals surface area (Å²) < 4.78 is 0. The number of para-hydroxylation sites is 1. The van der Waals surface area contributed by atoms with Crippen LogP contribution in [0.4, 0.5) is 11.5 Å². The minimum atomic E-state index is -0.0994. The van der Waals surface area contributed by atoms with E-state index in [4.69, 9.17) is 0 Å². The van der Waals surface area contributed by atoms with Gasteiger partial charge in [-0.05, 0) is 25.0 Å². The van der Waals surface area contributed by atoms with Crippen LogP contribution in [0.1, 0.15) is 23.0 Å². The van der Waals surface area contributed by atoms with Crippen molar-refractivity contribution in [2.24, 2.45) is 0 Å². The smallest absolute Gasteiger partial charge is 0.278 e. The molecule has 5 heteroatoms. The van der Waals surface area contributed by atoms with Crippen molar-refractivity contribution in [1.82, 2.24) is 9.97 Å². The molecule has 1 aliphatic heterocycles. The average Bonchev–Trinajstić information content (AvgIpc) is 2.82. The lowest BCUT2D eigenvalue weighted by Crippen LogP contribution is -2.36. The van der Waals surface area contributed by atoms with Gasteiger partial charge in [-0.1, -0.05) is 18.2 Å². The van der Waals surface area contributed by atoms with Gasteiger partial charge >= 0.3 is 0 Å². The van der Waals surface area contributed by atoms with Crippen molar-refractivity contribution in [2.75, 3.05) is 17.3 Å². The van der Waals surface area contributed by atoms with Crippen molar-refractivity contribution in [3.8, 4) is 0 Å². The van der Waals surface area contributed by atoms with Gasteiger partial charge in [0.2, 0.25) is 0 Å². The van der Waals surface area contributed by atoms with E-state index in [1.54, 1.807) is 18.1 Å². The highest BCUT2D eigenvalue weighted by molar-refractivity contribution is 6.06. The lowest BCUT2D eigenvalue weighted by atomic mass is 10.1. The van der Waals surface area contributed by atoms with Gasteiger partial charge < -0.3 is 10.2 Å². The van der Waals surface area contributed by atoms with Gasteiger partial charge in [0, 0.05) is 18.8 Å². The number of carbonyl (C=O) groups is 1. The third-order valence-corrected chi connectivity index (χ3v) is 3.55. The summed E-state index contributed by atoms with van der Waals surface area (Å²) in [5.74, 6) is 0.550. The summed E-state index contributed by atoms with van der Waals surface area (Å²) >= 11 is 0. The first-order valence-electron chi connectivity index (χ1n) is 6.62. The molecule has 0 aliphatic carbocycles. The molecule has 0 radical (unpaired) electrons. The lowest BCUT2D eigenvalue weighted by molar-refractivity contribution is 0.0976. The molecule has 1 aromatic heterocycles. The molecular formula is C15H16N4O. The van der Waals surface area contributed by atoms with Crippen LogP contribution in [-0.4, -0.2) is 29.0 Å². The minimum Gasteiger partial charge on any atom is -0.372 e. The normalized spacial score (nSPS) is 16.9. The van der Waals surface area contributed by atoms with Crippen LogP contribution in [0.3, 0.4) is 0 Å². The van der Waals surface area contributed by atoms with Gasteiger partial charge in [-0.15, -0.1) is 0 Å². The zero-order chi connectivity index (χ0) is 14.1. The maximum absolute atomic E-state index is 12.6. The maximum Gasteiger partial charge on any atom is 0.278 e. The molecule has 0 saturated carbocycles. The third-order valence-electron chi connectivity index (χ3n) is 3.55. The van der Waals surface area contributed by atoms with Gasteiger partial charge in [0.25, 0.3) is 5.91 Å². The first-order valence-corrected chi connectivity index (χ1v) is 6.62. The fourth-order valence-corrected chi connectivity index (χ4v) is 2.57. The molecule has 20 heavy (non-hydrogen) atoms. The Morgan fingerprint density at radius 3 is 2.80 bits per heavy atom. The molecular weight excluding hydrogens is 252 g/mol. The van der Waals surface area contributed by atoms with Gasteiger partial charge in [0.15, 0.2) is 0 Å². The Bertz CT molecular complexity index is 639. The Morgan fingerprint density at radius 1 is 1.30 bits per heavy atom. The van der Waals surface area contributed by atoms with Crippen molar-refractivity contribution in [2.45, 2.75) is 19.4 Å². The number of hydrogen-bond acceptors (Lipinski definition) is 4. The van der Waals surface area contributed by atoms with Crippen LogP contribution in [0.5, 0.6) is 0 Å². The van der Waals surface area contributed by atoms with Crippen molar-refractivity contribution < 1.29 is 4.79 Å². The third kappa shape index (κ3) is 2.01. The maximum atomic E-state index is 12.6. The van der Waals surface area contributed by atoms with Crippen LogP contribution in [0.25, 0.3) is 0 Å². The summed E-state index contributed by atoms with van der Waals surface area (Å²) in [6.45, 7) is 2.05. The number of nitrogens with zero attached hydrogens (tertiary/aromatic N) is 3. The SMILES string of the molecule is CNc1cnc(C(=O)N2c3ccccc3CC2C)cn1. The lowest BCUT2D eigenvalue weighted by Gasteiger charge is -2.22. The highest BCUT2D eigenvalue weighted by Crippen LogP contribution is 2.32. The Morgan fingerprint density at radius 2 is 2.10 bits per heavy atom. The van der Waals surface area contributed by atoms with Crippen LogP contribution in [0.2, 0.25) is 0 Å². The largest absolute Gasteiger partial charge is 0.372 e. The van der Waals surface area contributed by atoms with Crippen molar-refractivity contribution in [1.29, 1.82) is 0 Å². The van der Waals surface area contributed by atoms with Gasteiger partial charge in [0.1, 0.15) is 11.5 Å². The summed E-state index contributed by atoms with van der Waals surface area (Å²) in [6, 6.07) is 8.14. The van der Waals surface area contributed by atoms with Crippen molar-refractivity contribution >= 4 is 17.4 Å². The van der Waals surface area contributed by atoms with Crippen molar-refractivity contribution in [3.63, 3.8) is 0 Å². The zero-order valence-corrected chi connectivity index (χ0v) is 11.5. The first-order chi connectivity index (χ1) is 9.70. The van der Waals surface area contributed by atoms with Gasteiger partial charge in [-0.3, -0.25) is 4.79 Å². The number of aromatic nitrogens is 2. The van der Waals surface area contributed by atoms with E-state index < -0.39 is 0 Å². The summed E-state index contributed by atoms with van der Waals surface area (Å²) in [5.41, 5.74) is 2.55. The summed E-state index contributed by atoms with van der Waals surface area (Å²) in [4.78, 5) is 22.8. The molecule has 1 unspecified atom stereocenters. The molecule has 0 saturated heterocycles. The molecule has 1 amide bonds. The Hall–Kier alpha value is -2.43. The van der Waals surface area contributed by atoms with E-state index in [9.17, 15) is 4.79 Å². The molecule has 2 aromatic rings. The van der Waals surface area contributed by atoms with Crippen molar-refractivity contribution in [3.05, 3.63) is 47.9 Å². The second-order valence-electron chi connectivity index (χ2n) is 4.89. The quantitative estimate of drug-likeness (QED) is 0.906. The standard InChI is InChI=1S/C15H16N4O/c1-10-7-11-5-3-4-6-13(11)19(10)15(20)12-8-18-14(16-2)9-17-12/h3-6,8-10H,7H2,1-2H3,(H,16,18). The van der Waals surface area contributed by atoms with E-state index in [1.807, 2.05) is 25.1 Å². The minimum absolute atomic E-state index is 0.0994. The Balaban J connectivity index is 1.94. The number of anilines is 2. The second-order valence-corrected chi connectivity index (χ2v) is 4.89. The highest BCUT2D eigenvalue weighted by atomic mass is 16.2. The molecule has 5 nitrogen and oxygen atoms in total. The van der Waals surface area contributed by atoms with Gasteiger partial charge in [-0.25, -0.2) is 9.97 Å². The van der Waals surface area contributed by atoms with E-state index in [0.29, 0.717) is 11.5 Å². The number of carbonyl (C=O) groups excluding carboxylic acids is 1. The van der Waals surface area contributed by atoms with E-state index >= 15 is 0 Å². The first kappa shape index (κ1) is 12.6. The fourth-order valence-electron chi connectivity index (χ4n) is 2.57. The summed E-state index contributed by atoms with van der Waals surface area (Å²) in [7, 11) is 1.77. The fraction of sp³-hybridized carbons (Fsp3) is 0.267. The predicted molar refractivity (Wildman–Crippen MR) is 78.0 cm³/mol. The van der Waals surface area contributed by atoms with Crippen LogP contribution in [0.15, 0.2) is 36.7 Å². The van der Waals surface area contributed by atoms with E-state index in [0.717, 1.165) is 12.1 Å².